The molecule has 100 valence electrons. The van der Waals surface area contributed by atoms with E-state index >= 15 is 0 Å². The highest BCUT2D eigenvalue weighted by Gasteiger charge is 2.34. The standard InChI is InChI=1S/C16H26N2/c1-16(13-17,18(2)15-9-6-10-15)12-11-14-7-4-3-5-8-14/h3-5,7-8,15H,6,9-13,17H2,1-2H3. The van der Waals surface area contributed by atoms with Crippen LogP contribution in [0.2, 0.25) is 0 Å². The van der Waals surface area contributed by atoms with Crippen LogP contribution in [0.25, 0.3) is 0 Å². The molecule has 0 aliphatic heterocycles. The van der Waals surface area contributed by atoms with E-state index < -0.39 is 0 Å². The quantitative estimate of drug-likeness (QED) is 0.836. The molecule has 1 saturated carbocycles. The molecular weight excluding hydrogens is 220 g/mol. The lowest BCUT2D eigenvalue weighted by Gasteiger charge is -2.46. The zero-order valence-electron chi connectivity index (χ0n) is 11.7. The van der Waals surface area contributed by atoms with Gasteiger partial charge < -0.3 is 5.73 Å². The first-order valence-electron chi connectivity index (χ1n) is 7.13. The second-order valence-electron chi connectivity index (χ2n) is 5.88. The summed E-state index contributed by atoms with van der Waals surface area (Å²) in [5.74, 6) is 0. The lowest BCUT2D eigenvalue weighted by Crippen LogP contribution is -2.56. The van der Waals surface area contributed by atoms with Crippen LogP contribution in [0, 0.1) is 0 Å². The Hall–Kier alpha value is -0.860. The van der Waals surface area contributed by atoms with Gasteiger partial charge in [0, 0.05) is 18.1 Å². The van der Waals surface area contributed by atoms with E-state index in [4.69, 9.17) is 5.73 Å². The molecule has 2 nitrogen and oxygen atoms in total. The van der Waals surface area contributed by atoms with Gasteiger partial charge in [0.25, 0.3) is 0 Å². The second kappa shape index (κ2) is 5.85. The van der Waals surface area contributed by atoms with Crippen molar-refractivity contribution in [1.82, 2.24) is 4.90 Å². The summed E-state index contributed by atoms with van der Waals surface area (Å²) in [6, 6.07) is 11.5. The third kappa shape index (κ3) is 2.93. The number of rotatable bonds is 6. The number of hydrogen-bond acceptors (Lipinski definition) is 2. The average molecular weight is 246 g/mol. The first-order valence-corrected chi connectivity index (χ1v) is 7.13. The highest BCUT2D eigenvalue weighted by molar-refractivity contribution is 5.15. The maximum Gasteiger partial charge on any atom is 0.0306 e. The fraction of sp³-hybridized carbons (Fsp3) is 0.625. The molecule has 2 heteroatoms. The first-order chi connectivity index (χ1) is 8.65. The van der Waals surface area contributed by atoms with Crippen molar-refractivity contribution in [2.24, 2.45) is 5.73 Å². The molecule has 1 fully saturated rings. The Labute approximate surface area is 111 Å². The molecule has 1 aromatic rings. The van der Waals surface area contributed by atoms with Gasteiger partial charge in [-0.2, -0.15) is 0 Å². The van der Waals surface area contributed by atoms with Gasteiger partial charge in [0.1, 0.15) is 0 Å². The molecule has 2 N–H and O–H groups in total. The number of hydrogen-bond donors (Lipinski definition) is 1. The van der Waals surface area contributed by atoms with Crippen LogP contribution in [0.15, 0.2) is 30.3 Å². The molecule has 1 aliphatic rings. The number of nitrogens with two attached hydrogens (primary N) is 1. The Kier molecular flexibility index (Phi) is 4.41. The number of aryl methyl sites for hydroxylation is 1. The number of likely N-dealkylation sites (N-methyl/N-ethyl adjacent to an activating group) is 1. The van der Waals surface area contributed by atoms with Crippen LogP contribution in [0.5, 0.6) is 0 Å². The van der Waals surface area contributed by atoms with E-state index in [9.17, 15) is 0 Å². The average Bonchev–Trinajstić information content (AvgIpc) is 2.35. The van der Waals surface area contributed by atoms with E-state index in [2.05, 4.69) is 49.2 Å². The molecule has 0 amide bonds. The minimum Gasteiger partial charge on any atom is -0.329 e. The highest BCUT2D eigenvalue weighted by atomic mass is 15.2. The number of nitrogens with zero attached hydrogens (tertiary/aromatic N) is 1. The largest absolute Gasteiger partial charge is 0.329 e. The summed E-state index contributed by atoms with van der Waals surface area (Å²) in [7, 11) is 2.25. The van der Waals surface area contributed by atoms with E-state index in [0.29, 0.717) is 0 Å². The van der Waals surface area contributed by atoms with Gasteiger partial charge in [-0.05, 0) is 45.2 Å². The SMILES string of the molecule is CN(C1CCC1)C(C)(CN)CCc1ccccc1. The van der Waals surface area contributed by atoms with Gasteiger partial charge in [-0.25, -0.2) is 0 Å². The lowest BCUT2D eigenvalue weighted by molar-refractivity contribution is 0.0443. The van der Waals surface area contributed by atoms with Crippen molar-refractivity contribution in [2.75, 3.05) is 13.6 Å². The summed E-state index contributed by atoms with van der Waals surface area (Å²) in [6.45, 7) is 3.06. The van der Waals surface area contributed by atoms with Crippen molar-refractivity contribution < 1.29 is 0 Å². The normalized spacial score (nSPS) is 19.6. The zero-order chi connectivity index (χ0) is 13.0. The first kappa shape index (κ1) is 13.6. The van der Waals surface area contributed by atoms with Crippen LogP contribution in [-0.4, -0.2) is 30.1 Å². The fourth-order valence-corrected chi connectivity index (χ4v) is 2.70. The predicted molar refractivity (Wildman–Crippen MR) is 77.6 cm³/mol. The zero-order valence-corrected chi connectivity index (χ0v) is 11.7. The second-order valence-corrected chi connectivity index (χ2v) is 5.88. The molecule has 0 bridgehead atoms. The topological polar surface area (TPSA) is 29.3 Å². The smallest absolute Gasteiger partial charge is 0.0306 e. The molecule has 1 atom stereocenters. The molecule has 1 aliphatic carbocycles. The molecule has 0 spiro atoms. The summed E-state index contributed by atoms with van der Waals surface area (Å²) in [6.07, 6.45) is 6.33. The summed E-state index contributed by atoms with van der Waals surface area (Å²) in [5, 5.41) is 0. The van der Waals surface area contributed by atoms with Gasteiger partial charge in [0.05, 0.1) is 0 Å². The predicted octanol–water partition coefficient (Wildman–Crippen LogP) is 2.82. The Morgan fingerprint density at radius 3 is 2.44 bits per heavy atom. The van der Waals surface area contributed by atoms with Gasteiger partial charge in [-0.3, -0.25) is 4.90 Å². The van der Waals surface area contributed by atoms with E-state index in [0.717, 1.165) is 25.4 Å². The van der Waals surface area contributed by atoms with Crippen LogP contribution in [-0.2, 0) is 6.42 Å². The Morgan fingerprint density at radius 2 is 1.94 bits per heavy atom. The summed E-state index contributed by atoms with van der Waals surface area (Å²) in [4.78, 5) is 2.53. The number of benzene rings is 1. The molecule has 1 unspecified atom stereocenters. The fourth-order valence-electron chi connectivity index (χ4n) is 2.70. The van der Waals surface area contributed by atoms with E-state index in [1.807, 2.05) is 0 Å². The molecule has 1 aromatic carbocycles. The van der Waals surface area contributed by atoms with Crippen LogP contribution < -0.4 is 5.73 Å². The van der Waals surface area contributed by atoms with E-state index in [1.54, 1.807) is 0 Å². The van der Waals surface area contributed by atoms with E-state index in [1.165, 1.54) is 24.8 Å². The lowest BCUT2D eigenvalue weighted by atomic mass is 9.84. The molecule has 0 radical (unpaired) electrons. The van der Waals surface area contributed by atoms with Crippen LogP contribution in [0.4, 0.5) is 0 Å². The minimum absolute atomic E-state index is 0.140. The van der Waals surface area contributed by atoms with Crippen molar-refractivity contribution in [3.63, 3.8) is 0 Å². The molecule has 18 heavy (non-hydrogen) atoms. The Bertz CT molecular complexity index is 359. The molecule has 0 saturated heterocycles. The van der Waals surface area contributed by atoms with Crippen molar-refractivity contribution in [1.29, 1.82) is 0 Å². The molecule has 0 aromatic heterocycles. The molecule has 0 heterocycles. The van der Waals surface area contributed by atoms with Gasteiger partial charge >= 0.3 is 0 Å². The maximum absolute atomic E-state index is 6.05. The van der Waals surface area contributed by atoms with Crippen molar-refractivity contribution in [3.8, 4) is 0 Å². The van der Waals surface area contributed by atoms with Crippen molar-refractivity contribution >= 4 is 0 Å². The Morgan fingerprint density at radius 1 is 1.28 bits per heavy atom. The van der Waals surface area contributed by atoms with Gasteiger partial charge in [-0.1, -0.05) is 36.8 Å². The van der Waals surface area contributed by atoms with Crippen molar-refractivity contribution in [2.45, 2.75) is 50.6 Å². The van der Waals surface area contributed by atoms with Crippen LogP contribution in [0.1, 0.15) is 38.2 Å². The summed E-state index contributed by atoms with van der Waals surface area (Å²) >= 11 is 0. The monoisotopic (exact) mass is 246 g/mol. The molecule has 2 rings (SSSR count). The highest BCUT2D eigenvalue weighted by Crippen LogP contribution is 2.31. The van der Waals surface area contributed by atoms with Gasteiger partial charge in [-0.15, -0.1) is 0 Å². The Balaban J connectivity index is 1.94. The third-order valence-electron chi connectivity index (χ3n) is 4.71. The third-order valence-corrected chi connectivity index (χ3v) is 4.71. The van der Waals surface area contributed by atoms with Gasteiger partial charge in [0.15, 0.2) is 0 Å². The van der Waals surface area contributed by atoms with Crippen LogP contribution in [0.3, 0.4) is 0 Å². The van der Waals surface area contributed by atoms with E-state index in [-0.39, 0.29) is 5.54 Å². The maximum atomic E-state index is 6.05. The summed E-state index contributed by atoms with van der Waals surface area (Å²) < 4.78 is 0. The minimum atomic E-state index is 0.140. The van der Waals surface area contributed by atoms with Gasteiger partial charge in [0.2, 0.25) is 0 Å². The van der Waals surface area contributed by atoms with Crippen molar-refractivity contribution in [3.05, 3.63) is 35.9 Å². The van der Waals surface area contributed by atoms with Crippen LogP contribution >= 0.6 is 0 Å². The molecular formula is C16H26N2. The summed E-state index contributed by atoms with van der Waals surface area (Å²) in [5.41, 5.74) is 7.60.